The second kappa shape index (κ2) is 15.8. The lowest BCUT2D eigenvalue weighted by Crippen LogP contribution is -2.59. The molecule has 296 valence electrons. The van der Waals surface area contributed by atoms with Crippen LogP contribution in [0.2, 0.25) is 5.02 Å². The zero-order valence-corrected chi connectivity index (χ0v) is 31.9. The van der Waals surface area contributed by atoms with Crippen molar-refractivity contribution in [3.8, 4) is 5.75 Å². The number of guanidine groups is 1. The number of rotatable bonds is 7. The summed E-state index contributed by atoms with van der Waals surface area (Å²) >= 11 is 5.73. The van der Waals surface area contributed by atoms with Gasteiger partial charge in [-0.1, -0.05) is 44.5 Å². The largest absolute Gasteiger partial charge is 0.504 e. The van der Waals surface area contributed by atoms with Gasteiger partial charge in [-0.2, -0.15) is 23.6 Å². The van der Waals surface area contributed by atoms with Crippen LogP contribution in [0.5, 0.6) is 5.75 Å². The number of Topliss-reactive ketones (excluding diaryl/α,β-unsaturated/α-hetero) is 1. The molecule has 3 aliphatic heterocycles. The Morgan fingerprint density at radius 3 is 2.45 bits per heavy atom. The number of piperazine rings is 1. The van der Waals surface area contributed by atoms with E-state index in [0.717, 1.165) is 23.3 Å². The second-order valence-electron chi connectivity index (χ2n) is 13.6. The van der Waals surface area contributed by atoms with Crippen molar-refractivity contribution >= 4 is 52.3 Å². The number of aryl methyl sites for hydroxylation is 1. The molecule has 2 aromatic heterocycles. The predicted molar refractivity (Wildman–Crippen MR) is 200 cm³/mol. The van der Waals surface area contributed by atoms with Gasteiger partial charge in [0.05, 0.1) is 23.5 Å². The van der Waals surface area contributed by atoms with Gasteiger partial charge >= 0.3 is 6.18 Å². The highest BCUT2D eigenvalue weighted by Gasteiger charge is 2.45. The zero-order valence-electron chi connectivity index (χ0n) is 31.2. The number of carbonyl (C=O) groups excluding carboxylic acids is 3. The van der Waals surface area contributed by atoms with Gasteiger partial charge in [-0.3, -0.25) is 14.4 Å². The number of oxazole rings is 1. The Morgan fingerprint density at radius 2 is 1.82 bits per heavy atom. The summed E-state index contributed by atoms with van der Waals surface area (Å²) in [7, 11) is 0. The maximum atomic E-state index is 14.0. The molecule has 4 aromatic rings. The number of fused-ring (bicyclic) bond motifs is 2. The summed E-state index contributed by atoms with van der Waals surface area (Å²) in [5, 5.41) is 11.8. The van der Waals surface area contributed by atoms with Crippen molar-refractivity contribution in [2.45, 2.75) is 59.3 Å². The van der Waals surface area contributed by atoms with Crippen LogP contribution in [0.3, 0.4) is 0 Å². The molecule has 2 aromatic carbocycles. The molecule has 19 heteroatoms. The van der Waals surface area contributed by atoms with Crippen LogP contribution in [0.15, 0.2) is 63.5 Å². The Kier molecular flexibility index (Phi) is 11.2. The van der Waals surface area contributed by atoms with Gasteiger partial charge in [-0.25, -0.2) is 20.0 Å². The Balaban J connectivity index is 0.000000322. The first-order chi connectivity index (χ1) is 26.5. The standard InChI is InChI=1S/C27H30N10O5.C10H10ClF3/c1-4-18-21(34-7-9-35(10-8-34)24(40)20-22(39)15(3)29-13-30-20)25(41)37-27(36(18)12-14(2)38)32-23(33-37)16-5-6-17-19(11-16)42-26(28)31-17;1-6(2)8-4-3-7(5-9(8)11)10(12,13)14/h5-6,11,13,23,33,39H,4,7-10,12H2,1-3H3,(H2,28,31);3-6H,1-2H3. The molecule has 0 bridgehead atoms. The molecule has 7 rings (SSSR count). The molecule has 2 amide bonds. The van der Waals surface area contributed by atoms with Gasteiger partial charge in [-0.05, 0) is 61.6 Å². The minimum atomic E-state index is -4.32. The third-order valence-corrected chi connectivity index (χ3v) is 9.77. The van der Waals surface area contributed by atoms with Crippen molar-refractivity contribution in [3.05, 3.63) is 87.2 Å². The molecule has 56 heavy (non-hydrogen) atoms. The van der Waals surface area contributed by atoms with E-state index >= 15 is 0 Å². The van der Waals surface area contributed by atoms with E-state index in [9.17, 15) is 32.7 Å². The first-order valence-corrected chi connectivity index (χ1v) is 18.1. The Morgan fingerprint density at radius 1 is 1.11 bits per heavy atom. The van der Waals surface area contributed by atoms with E-state index in [0.29, 0.717) is 66.7 Å². The van der Waals surface area contributed by atoms with Gasteiger partial charge in [-0.15, -0.1) is 0 Å². The maximum Gasteiger partial charge on any atom is 0.416 e. The molecule has 4 N–H and O–H groups in total. The number of nitrogens with zero attached hydrogens (tertiary/aromatic N) is 8. The number of hydrogen-bond acceptors (Lipinski definition) is 13. The molecule has 1 fully saturated rings. The van der Waals surface area contributed by atoms with E-state index in [2.05, 4.69) is 20.4 Å². The lowest BCUT2D eigenvalue weighted by molar-refractivity contribution is -0.137. The van der Waals surface area contributed by atoms with Gasteiger partial charge < -0.3 is 30.0 Å². The molecule has 5 heterocycles. The quantitative estimate of drug-likeness (QED) is 0.217. The third-order valence-electron chi connectivity index (χ3n) is 9.44. The average molecular weight is 797 g/mol. The van der Waals surface area contributed by atoms with Crippen LogP contribution in [0.4, 0.5) is 19.2 Å². The fraction of sp³-hybridized carbons (Fsp3) is 0.378. The summed E-state index contributed by atoms with van der Waals surface area (Å²) in [6.07, 6.45) is -3.22. The lowest BCUT2D eigenvalue weighted by Gasteiger charge is -2.43. The number of amides is 2. The summed E-state index contributed by atoms with van der Waals surface area (Å²) < 4.78 is 42.2. The number of benzene rings is 2. The highest BCUT2D eigenvalue weighted by molar-refractivity contribution is 6.31. The van der Waals surface area contributed by atoms with Crippen LogP contribution in [-0.2, 0) is 15.8 Å². The number of aromatic hydroxyl groups is 1. The molecule has 0 radical (unpaired) electrons. The molecule has 0 saturated carbocycles. The normalized spacial score (nSPS) is 17.4. The van der Waals surface area contributed by atoms with E-state index in [1.807, 2.05) is 31.7 Å². The number of alkyl halides is 3. The van der Waals surface area contributed by atoms with E-state index in [4.69, 9.17) is 26.7 Å². The predicted octanol–water partition coefficient (Wildman–Crippen LogP) is 5.38. The van der Waals surface area contributed by atoms with Gasteiger partial charge in [0.25, 0.3) is 17.8 Å². The number of aliphatic imine (C=N–C) groups is 1. The number of nitrogens with two attached hydrogens (primary N) is 1. The van der Waals surface area contributed by atoms with Crippen LogP contribution in [0.25, 0.3) is 11.1 Å². The molecule has 0 aliphatic carbocycles. The van der Waals surface area contributed by atoms with Crippen molar-refractivity contribution in [1.29, 1.82) is 0 Å². The average Bonchev–Trinajstić information content (AvgIpc) is 3.76. The molecule has 0 spiro atoms. The molecule has 1 unspecified atom stereocenters. The van der Waals surface area contributed by atoms with E-state index in [1.165, 1.54) is 24.3 Å². The van der Waals surface area contributed by atoms with Gasteiger partial charge in [0, 0.05) is 31.2 Å². The van der Waals surface area contributed by atoms with Crippen molar-refractivity contribution < 1.29 is 37.1 Å². The molecular formula is C37H40ClF3N10O5. The topological polar surface area (TPSA) is 187 Å². The Bertz CT molecular complexity index is 2250. The van der Waals surface area contributed by atoms with E-state index in [-0.39, 0.29) is 46.6 Å². The van der Waals surface area contributed by atoms with Crippen molar-refractivity contribution in [2.75, 3.05) is 38.5 Å². The number of nitrogens with one attached hydrogen (secondary N) is 1. The number of ketones is 1. The van der Waals surface area contributed by atoms with Crippen LogP contribution in [-0.4, -0.2) is 96.0 Å². The second-order valence-corrected chi connectivity index (χ2v) is 14.0. The van der Waals surface area contributed by atoms with E-state index < -0.39 is 23.8 Å². The third kappa shape index (κ3) is 7.97. The van der Waals surface area contributed by atoms with E-state index in [1.54, 1.807) is 28.9 Å². The fourth-order valence-electron chi connectivity index (χ4n) is 6.62. The molecule has 1 saturated heterocycles. The van der Waals surface area contributed by atoms with Crippen LogP contribution in [0, 0.1) is 6.92 Å². The number of anilines is 1. The Hall–Kier alpha value is -5.75. The summed E-state index contributed by atoms with van der Waals surface area (Å²) in [6, 6.07) is 8.87. The van der Waals surface area contributed by atoms with Crippen molar-refractivity contribution in [3.63, 3.8) is 0 Å². The fourth-order valence-corrected chi connectivity index (χ4v) is 7.02. The number of aromatic nitrogens is 3. The van der Waals surface area contributed by atoms with Gasteiger partial charge in [0.1, 0.15) is 29.5 Å². The van der Waals surface area contributed by atoms with Crippen LogP contribution >= 0.6 is 11.6 Å². The first-order valence-electron chi connectivity index (χ1n) is 17.7. The highest BCUT2D eigenvalue weighted by atomic mass is 35.5. The minimum absolute atomic E-state index is 0.0339. The number of nitrogen functional groups attached to an aromatic ring is 1. The van der Waals surface area contributed by atoms with Crippen LogP contribution in [0.1, 0.15) is 79.1 Å². The number of hydrazine groups is 1. The molecular weight excluding hydrogens is 757 g/mol. The molecule has 15 nitrogen and oxygen atoms in total. The van der Waals surface area contributed by atoms with Crippen molar-refractivity contribution in [1.82, 2.24) is 40.1 Å². The molecule has 3 aliphatic rings. The van der Waals surface area contributed by atoms with Crippen LogP contribution < -0.4 is 11.2 Å². The maximum absolute atomic E-state index is 14.0. The summed E-state index contributed by atoms with van der Waals surface area (Å²) in [4.78, 5) is 61.6. The molecule has 1 atom stereocenters. The number of hydrogen-bond donors (Lipinski definition) is 3. The highest BCUT2D eigenvalue weighted by Crippen LogP contribution is 2.35. The van der Waals surface area contributed by atoms with Crippen molar-refractivity contribution in [2.24, 2.45) is 4.99 Å². The number of carbonyl (C=O) groups is 3. The van der Waals surface area contributed by atoms with Gasteiger partial charge in [0.2, 0.25) is 5.96 Å². The summed E-state index contributed by atoms with van der Waals surface area (Å²) in [6.45, 7) is 10.2. The minimum Gasteiger partial charge on any atom is -0.504 e. The summed E-state index contributed by atoms with van der Waals surface area (Å²) in [5.41, 5.74) is 12.1. The SMILES string of the molecule is CC(C)c1ccc(C(F)(F)F)cc1Cl.CCC1=C(N2CCN(C(=O)c3ncnc(C)c3O)CC2)C(=O)N2NC(c3ccc4nc(N)oc4c3)N=C2N1CC(C)=O. The first kappa shape index (κ1) is 39.9. The zero-order chi connectivity index (χ0) is 40.6. The summed E-state index contributed by atoms with van der Waals surface area (Å²) in [5.74, 6) is -0.572. The monoisotopic (exact) mass is 796 g/mol. The Labute approximate surface area is 324 Å². The van der Waals surface area contributed by atoms with Gasteiger partial charge in [0.15, 0.2) is 17.0 Å². The number of halogens is 4. The lowest BCUT2D eigenvalue weighted by atomic mass is 10.0. The number of allylic oxidation sites excluding steroid dienone is 1. The smallest absolute Gasteiger partial charge is 0.416 e.